The van der Waals surface area contributed by atoms with E-state index in [2.05, 4.69) is 31.2 Å². The molecular formula is C14H21NO. The highest BCUT2D eigenvalue weighted by molar-refractivity contribution is 5.21. The van der Waals surface area contributed by atoms with E-state index in [1.54, 1.807) is 0 Å². The third-order valence-electron chi connectivity index (χ3n) is 3.40. The lowest BCUT2D eigenvalue weighted by Crippen LogP contribution is -2.31. The summed E-state index contributed by atoms with van der Waals surface area (Å²) in [6, 6.07) is 8.90. The number of hydrogen-bond acceptors (Lipinski definition) is 2. The number of rotatable bonds is 4. The summed E-state index contributed by atoms with van der Waals surface area (Å²) in [5.41, 5.74) is 8.59. The zero-order valence-electron chi connectivity index (χ0n) is 9.99. The van der Waals surface area contributed by atoms with E-state index in [0.29, 0.717) is 6.61 Å². The summed E-state index contributed by atoms with van der Waals surface area (Å²) in [4.78, 5) is 0. The van der Waals surface area contributed by atoms with E-state index >= 15 is 0 Å². The van der Waals surface area contributed by atoms with Gasteiger partial charge >= 0.3 is 0 Å². The number of benzene rings is 1. The van der Waals surface area contributed by atoms with Gasteiger partial charge in [0, 0.05) is 6.04 Å². The molecule has 2 heteroatoms. The SMILES string of the molecule is CCc1ccc(CO[C@@H]2CCC[C@H]2N)cc1. The van der Waals surface area contributed by atoms with Gasteiger partial charge in [-0.25, -0.2) is 0 Å². The Bertz CT molecular complexity index is 320. The van der Waals surface area contributed by atoms with Gasteiger partial charge in [-0.3, -0.25) is 0 Å². The van der Waals surface area contributed by atoms with Crippen LogP contribution in [-0.2, 0) is 17.8 Å². The fraction of sp³-hybridized carbons (Fsp3) is 0.571. The molecule has 0 amide bonds. The first-order valence-electron chi connectivity index (χ1n) is 6.24. The molecule has 0 aliphatic heterocycles. The van der Waals surface area contributed by atoms with E-state index in [1.807, 2.05) is 0 Å². The molecular weight excluding hydrogens is 198 g/mol. The molecule has 0 heterocycles. The Morgan fingerprint density at radius 3 is 2.44 bits per heavy atom. The Hall–Kier alpha value is -0.860. The van der Waals surface area contributed by atoms with Crippen molar-refractivity contribution in [1.82, 2.24) is 0 Å². The fourth-order valence-corrected chi connectivity index (χ4v) is 2.24. The Kier molecular flexibility index (Phi) is 3.97. The predicted molar refractivity (Wildman–Crippen MR) is 66.2 cm³/mol. The van der Waals surface area contributed by atoms with Crippen LogP contribution < -0.4 is 5.73 Å². The first-order valence-corrected chi connectivity index (χ1v) is 6.24. The maximum Gasteiger partial charge on any atom is 0.0730 e. The molecule has 1 fully saturated rings. The first-order chi connectivity index (χ1) is 7.79. The summed E-state index contributed by atoms with van der Waals surface area (Å²) in [5.74, 6) is 0. The van der Waals surface area contributed by atoms with Crippen LogP contribution in [0.25, 0.3) is 0 Å². The van der Waals surface area contributed by atoms with Gasteiger partial charge in [0.05, 0.1) is 12.7 Å². The van der Waals surface area contributed by atoms with Crippen LogP contribution in [0, 0.1) is 0 Å². The molecule has 0 spiro atoms. The highest BCUT2D eigenvalue weighted by Gasteiger charge is 2.24. The second-order valence-corrected chi connectivity index (χ2v) is 4.61. The van der Waals surface area contributed by atoms with Crippen molar-refractivity contribution in [2.24, 2.45) is 5.73 Å². The topological polar surface area (TPSA) is 35.2 Å². The van der Waals surface area contributed by atoms with Crippen LogP contribution in [-0.4, -0.2) is 12.1 Å². The molecule has 1 aromatic carbocycles. The molecule has 1 aromatic rings. The molecule has 0 saturated heterocycles. The molecule has 88 valence electrons. The predicted octanol–water partition coefficient (Wildman–Crippen LogP) is 2.65. The van der Waals surface area contributed by atoms with Crippen LogP contribution in [0.1, 0.15) is 37.3 Å². The summed E-state index contributed by atoms with van der Waals surface area (Å²) in [5, 5.41) is 0. The molecule has 1 aliphatic rings. The van der Waals surface area contributed by atoms with Gasteiger partial charge in [-0.2, -0.15) is 0 Å². The smallest absolute Gasteiger partial charge is 0.0730 e. The molecule has 0 unspecified atom stereocenters. The number of aryl methyl sites for hydroxylation is 1. The van der Waals surface area contributed by atoms with Gasteiger partial charge in [0.1, 0.15) is 0 Å². The van der Waals surface area contributed by atoms with E-state index in [9.17, 15) is 0 Å². The van der Waals surface area contributed by atoms with Gasteiger partial charge in [0.15, 0.2) is 0 Å². The first kappa shape index (κ1) is 11.6. The normalized spacial score (nSPS) is 24.9. The Morgan fingerprint density at radius 2 is 1.88 bits per heavy atom. The molecule has 0 radical (unpaired) electrons. The van der Waals surface area contributed by atoms with Crippen molar-refractivity contribution in [3.05, 3.63) is 35.4 Å². The minimum atomic E-state index is 0.245. The highest BCUT2D eigenvalue weighted by atomic mass is 16.5. The van der Waals surface area contributed by atoms with Crippen molar-refractivity contribution in [3.63, 3.8) is 0 Å². The lowest BCUT2D eigenvalue weighted by atomic mass is 10.1. The zero-order valence-corrected chi connectivity index (χ0v) is 9.99. The van der Waals surface area contributed by atoms with Crippen molar-refractivity contribution in [1.29, 1.82) is 0 Å². The molecule has 2 nitrogen and oxygen atoms in total. The number of ether oxygens (including phenoxy) is 1. The third kappa shape index (κ3) is 2.83. The maximum absolute atomic E-state index is 5.96. The van der Waals surface area contributed by atoms with E-state index in [1.165, 1.54) is 17.5 Å². The van der Waals surface area contributed by atoms with Gasteiger partial charge in [-0.1, -0.05) is 31.2 Å². The van der Waals surface area contributed by atoms with Crippen molar-refractivity contribution >= 4 is 0 Å². The van der Waals surface area contributed by atoms with Gasteiger partial charge in [0.2, 0.25) is 0 Å². The van der Waals surface area contributed by atoms with Crippen molar-refractivity contribution < 1.29 is 4.74 Å². The number of nitrogens with two attached hydrogens (primary N) is 1. The monoisotopic (exact) mass is 219 g/mol. The second kappa shape index (κ2) is 5.46. The Balaban J connectivity index is 1.84. The summed E-state index contributed by atoms with van der Waals surface area (Å²) in [7, 11) is 0. The summed E-state index contributed by atoms with van der Waals surface area (Å²) >= 11 is 0. The standard InChI is InChI=1S/C14H21NO/c1-2-11-6-8-12(9-7-11)10-16-14-5-3-4-13(14)15/h6-9,13-14H,2-5,10,15H2,1H3/t13-,14-/m1/s1. The van der Waals surface area contributed by atoms with Crippen LogP contribution in [0.5, 0.6) is 0 Å². The van der Waals surface area contributed by atoms with Crippen LogP contribution in [0.4, 0.5) is 0 Å². The molecule has 2 rings (SSSR count). The lowest BCUT2D eigenvalue weighted by Gasteiger charge is -2.16. The minimum absolute atomic E-state index is 0.245. The summed E-state index contributed by atoms with van der Waals surface area (Å²) in [6.45, 7) is 2.87. The van der Waals surface area contributed by atoms with Gasteiger partial charge in [-0.05, 0) is 36.8 Å². The minimum Gasteiger partial charge on any atom is -0.372 e. The second-order valence-electron chi connectivity index (χ2n) is 4.61. The van der Waals surface area contributed by atoms with Crippen molar-refractivity contribution in [2.75, 3.05) is 0 Å². The number of hydrogen-bond donors (Lipinski definition) is 1. The van der Waals surface area contributed by atoms with E-state index < -0.39 is 0 Å². The van der Waals surface area contributed by atoms with Crippen molar-refractivity contribution in [3.8, 4) is 0 Å². The highest BCUT2D eigenvalue weighted by Crippen LogP contribution is 2.21. The average molecular weight is 219 g/mol. The molecule has 1 saturated carbocycles. The van der Waals surface area contributed by atoms with Crippen LogP contribution in [0.3, 0.4) is 0 Å². The van der Waals surface area contributed by atoms with Gasteiger partial charge < -0.3 is 10.5 Å². The quantitative estimate of drug-likeness (QED) is 0.845. The van der Waals surface area contributed by atoms with E-state index in [4.69, 9.17) is 10.5 Å². The third-order valence-corrected chi connectivity index (χ3v) is 3.40. The summed E-state index contributed by atoms with van der Waals surface area (Å²) in [6.07, 6.45) is 4.80. The summed E-state index contributed by atoms with van der Waals surface area (Å²) < 4.78 is 5.85. The average Bonchev–Trinajstić information content (AvgIpc) is 2.73. The zero-order chi connectivity index (χ0) is 11.4. The molecule has 2 atom stereocenters. The molecule has 16 heavy (non-hydrogen) atoms. The molecule has 0 aromatic heterocycles. The van der Waals surface area contributed by atoms with Crippen LogP contribution in [0.15, 0.2) is 24.3 Å². The fourth-order valence-electron chi connectivity index (χ4n) is 2.24. The Morgan fingerprint density at radius 1 is 1.19 bits per heavy atom. The lowest BCUT2D eigenvalue weighted by molar-refractivity contribution is 0.0357. The van der Waals surface area contributed by atoms with Gasteiger partial charge in [-0.15, -0.1) is 0 Å². The van der Waals surface area contributed by atoms with Gasteiger partial charge in [0.25, 0.3) is 0 Å². The van der Waals surface area contributed by atoms with Crippen LogP contribution in [0.2, 0.25) is 0 Å². The van der Waals surface area contributed by atoms with E-state index in [-0.39, 0.29) is 12.1 Å². The Labute approximate surface area is 97.8 Å². The van der Waals surface area contributed by atoms with Crippen LogP contribution >= 0.6 is 0 Å². The molecule has 1 aliphatic carbocycles. The largest absolute Gasteiger partial charge is 0.372 e. The maximum atomic E-state index is 5.96. The van der Waals surface area contributed by atoms with Crippen molar-refractivity contribution in [2.45, 2.75) is 51.4 Å². The molecule has 0 bridgehead atoms. The van der Waals surface area contributed by atoms with E-state index in [0.717, 1.165) is 19.3 Å². The molecule has 2 N–H and O–H groups in total.